The van der Waals surface area contributed by atoms with Gasteiger partial charge in [0.05, 0.1) is 12.1 Å². The summed E-state index contributed by atoms with van der Waals surface area (Å²) < 4.78 is 5.53. The van der Waals surface area contributed by atoms with Crippen LogP contribution < -0.4 is 0 Å². The van der Waals surface area contributed by atoms with Gasteiger partial charge in [0.2, 0.25) is 5.89 Å². The molecule has 2 rings (SSSR count). The predicted molar refractivity (Wildman–Crippen MR) is 72.6 cm³/mol. The molecule has 1 N–H and O–H groups in total. The maximum absolute atomic E-state index is 10.7. The average Bonchev–Trinajstić information content (AvgIpc) is 2.79. The zero-order chi connectivity index (χ0) is 13.7. The van der Waals surface area contributed by atoms with Crippen LogP contribution in [0.1, 0.15) is 29.8 Å². The van der Waals surface area contributed by atoms with E-state index in [2.05, 4.69) is 4.98 Å². The summed E-state index contributed by atoms with van der Waals surface area (Å²) in [6.07, 6.45) is 4.16. The standard InChI is InChI=1S/C15H15NO3/c1-2-13-12(10-15(17)18)16-14(19-13)9-8-11-6-4-3-5-7-11/h3-9H,2,10H2,1H3,(H,17,18)/b9-8+. The van der Waals surface area contributed by atoms with Gasteiger partial charge in [-0.05, 0) is 11.6 Å². The Bertz CT molecular complexity index is 585. The molecule has 0 aliphatic heterocycles. The zero-order valence-electron chi connectivity index (χ0n) is 10.7. The maximum atomic E-state index is 10.7. The predicted octanol–water partition coefficient (Wildman–Crippen LogP) is 3.03. The molecule has 0 radical (unpaired) electrons. The molecule has 2 aromatic rings. The molecule has 0 amide bonds. The first kappa shape index (κ1) is 13.1. The van der Waals surface area contributed by atoms with Crippen LogP contribution in [-0.4, -0.2) is 16.1 Å². The van der Waals surface area contributed by atoms with Gasteiger partial charge in [-0.1, -0.05) is 37.3 Å². The van der Waals surface area contributed by atoms with Gasteiger partial charge in [0.1, 0.15) is 5.76 Å². The highest BCUT2D eigenvalue weighted by atomic mass is 16.4. The first-order valence-electron chi connectivity index (χ1n) is 6.12. The van der Waals surface area contributed by atoms with Gasteiger partial charge in [-0.15, -0.1) is 0 Å². The molecule has 0 aliphatic rings. The van der Waals surface area contributed by atoms with E-state index >= 15 is 0 Å². The maximum Gasteiger partial charge on any atom is 0.309 e. The SMILES string of the molecule is CCc1oc(/C=C/c2ccccc2)nc1CC(=O)O. The molecular formula is C15H15NO3. The Balaban J connectivity index is 2.19. The van der Waals surface area contributed by atoms with Gasteiger partial charge < -0.3 is 9.52 Å². The lowest BCUT2D eigenvalue weighted by Crippen LogP contribution is -2.02. The van der Waals surface area contributed by atoms with Crippen molar-refractivity contribution < 1.29 is 14.3 Å². The second-order valence-corrected chi connectivity index (χ2v) is 4.09. The van der Waals surface area contributed by atoms with Crippen LogP contribution >= 0.6 is 0 Å². The number of hydrogen-bond donors (Lipinski definition) is 1. The molecule has 98 valence electrons. The van der Waals surface area contributed by atoms with E-state index in [4.69, 9.17) is 9.52 Å². The highest BCUT2D eigenvalue weighted by molar-refractivity contribution is 5.70. The Morgan fingerprint density at radius 3 is 2.68 bits per heavy atom. The third-order valence-electron chi connectivity index (χ3n) is 2.65. The van der Waals surface area contributed by atoms with Gasteiger partial charge >= 0.3 is 5.97 Å². The van der Waals surface area contributed by atoms with Crippen molar-refractivity contribution in [1.29, 1.82) is 0 Å². The number of nitrogens with zero attached hydrogens (tertiary/aromatic N) is 1. The van der Waals surface area contributed by atoms with E-state index in [0.29, 0.717) is 23.8 Å². The van der Waals surface area contributed by atoms with Crippen molar-refractivity contribution in [3.8, 4) is 0 Å². The Labute approximate surface area is 111 Å². The van der Waals surface area contributed by atoms with E-state index in [-0.39, 0.29) is 6.42 Å². The average molecular weight is 257 g/mol. The number of carboxylic acid groups (broad SMARTS) is 1. The van der Waals surface area contributed by atoms with Crippen LogP contribution in [0.3, 0.4) is 0 Å². The molecule has 0 saturated carbocycles. The van der Waals surface area contributed by atoms with E-state index in [9.17, 15) is 4.79 Å². The van der Waals surface area contributed by atoms with Crippen molar-refractivity contribution >= 4 is 18.1 Å². The van der Waals surface area contributed by atoms with Crippen LogP contribution in [0.25, 0.3) is 12.2 Å². The summed E-state index contributed by atoms with van der Waals surface area (Å²) in [5, 5.41) is 8.80. The van der Waals surface area contributed by atoms with Crippen molar-refractivity contribution in [2.24, 2.45) is 0 Å². The monoisotopic (exact) mass is 257 g/mol. The van der Waals surface area contributed by atoms with Crippen molar-refractivity contribution in [2.45, 2.75) is 19.8 Å². The molecule has 0 unspecified atom stereocenters. The number of aryl methyl sites for hydroxylation is 1. The zero-order valence-corrected chi connectivity index (χ0v) is 10.7. The Kier molecular flexibility index (Phi) is 4.13. The van der Waals surface area contributed by atoms with Crippen LogP contribution in [0.5, 0.6) is 0 Å². The van der Waals surface area contributed by atoms with Crippen molar-refractivity contribution in [3.05, 3.63) is 53.2 Å². The number of rotatable bonds is 5. The van der Waals surface area contributed by atoms with E-state index in [1.807, 2.05) is 43.3 Å². The van der Waals surface area contributed by atoms with Crippen LogP contribution in [-0.2, 0) is 17.6 Å². The van der Waals surface area contributed by atoms with Crippen molar-refractivity contribution in [2.75, 3.05) is 0 Å². The van der Waals surface area contributed by atoms with E-state index in [0.717, 1.165) is 5.56 Å². The van der Waals surface area contributed by atoms with Gasteiger partial charge in [0.25, 0.3) is 0 Å². The second-order valence-electron chi connectivity index (χ2n) is 4.09. The summed E-state index contributed by atoms with van der Waals surface area (Å²) in [6, 6.07) is 9.78. The van der Waals surface area contributed by atoms with E-state index in [1.54, 1.807) is 6.08 Å². The van der Waals surface area contributed by atoms with Crippen molar-refractivity contribution in [3.63, 3.8) is 0 Å². The summed E-state index contributed by atoms with van der Waals surface area (Å²) in [7, 11) is 0. The highest BCUT2D eigenvalue weighted by Crippen LogP contribution is 2.15. The Hall–Kier alpha value is -2.36. The first-order chi connectivity index (χ1) is 9.19. The van der Waals surface area contributed by atoms with Crippen LogP contribution in [0.15, 0.2) is 34.7 Å². The van der Waals surface area contributed by atoms with Gasteiger partial charge in [-0.25, -0.2) is 4.98 Å². The summed E-state index contributed by atoms with van der Waals surface area (Å²) >= 11 is 0. The lowest BCUT2D eigenvalue weighted by Gasteiger charge is -1.91. The number of carboxylic acids is 1. The summed E-state index contributed by atoms with van der Waals surface area (Å²) in [6.45, 7) is 1.91. The second kappa shape index (κ2) is 6.00. The summed E-state index contributed by atoms with van der Waals surface area (Å²) in [5.74, 6) is 0.175. The quantitative estimate of drug-likeness (QED) is 0.894. The lowest BCUT2D eigenvalue weighted by molar-refractivity contribution is -0.136. The molecule has 1 heterocycles. The normalized spacial score (nSPS) is 11.0. The van der Waals surface area contributed by atoms with Crippen molar-refractivity contribution in [1.82, 2.24) is 4.98 Å². The molecule has 1 aromatic carbocycles. The third-order valence-corrected chi connectivity index (χ3v) is 2.65. The van der Waals surface area contributed by atoms with Crippen LogP contribution in [0.4, 0.5) is 0 Å². The molecule has 19 heavy (non-hydrogen) atoms. The molecule has 0 fully saturated rings. The minimum Gasteiger partial charge on any atom is -0.481 e. The highest BCUT2D eigenvalue weighted by Gasteiger charge is 2.13. The van der Waals surface area contributed by atoms with E-state index < -0.39 is 5.97 Å². The number of oxazole rings is 1. The number of aliphatic carboxylic acids is 1. The molecular weight excluding hydrogens is 242 g/mol. The Morgan fingerprint density at radius 1 is 1.32 bits per heavy atom. The summed E-state index contributed by atoms with van der Waals surface area (Å²) in [4.78, 5) is 14.9. The fraction of sp³-hybridized carbons (Fsp3) is 0.200. The largest absolute Gasteiger partial charge is 0.481 e. The smallest absolute Gasteiger partial charge is 0.309 e. The fourth-order valence-electron chi connectivity index (χ4n) is 1.76. The fourth-order valence-corrected chi connectivity index (χ4v) is 1.76. The van der Waals surface area contributed by atoms with Gasteiger partial charge in [0, 0.05) is 12.5 Å². The van der Waals surface area contributed by atoms with Gasteiger partial charge in [-0.2, -0.15) is 0 Å². The molecule has 4 heteroatoms. The molecule has 0 aliphatic carbocycles. The summed E-state index contributed by atoms with van der Waals surface area (Å²) in [5.41, 5.74) is 1.54. The number of carbonyl (C=O) groups is 1. The number of hydrogen-bond acceptors (Lipinski definition) is 3. The molecule has 1 aromatic heterocycles. The minimum absolute atomic E-state index is 0.105. The van der Waals surface area contributed by atoms with Crippen LogP contribution in [0.2, 0.25) is 0 Å². The molecule has 0 spiro atoms. The van der Waals surface area contributed by atoms with Gasteiger partial charge in [0.15, 0.2) is 0 Å². The molecule has 0 bridgehead atoms. The van der Waals surface area contributed by atoms with Crippen LogP contribution in [0, 0.1) is 0 Å². The van der Waals surface area contributed by atoms with Gasteiger partial charge in [-0.3, -0.25) is 4.79 Å². The molecule has 0 saturated heterocycles. The molecule has 4 nitrogen and oxygen atoms in total. The molecule has 0 atom stereocenters. The topological polar surface area (TPSA) is 63.3 Å². The Morgan fingerprint density at radius 2 is 2.05 bits per heavy atom. The number of benzene rings is 1. The first-order valence-corrected chi connectivity index (χ1v) is 6.12. The number of aromatic nitrogens is 1. The third kappa shape index (κ3) is 3.55. The minimum atomic E-state index is -0.901. The lowest BCUT2D eigenvalue weighted by atomic mass is 10.2. The van der Waals surface area contributed by atoms with E-state index in [1.165, 1.54) is 0 Å².